The Kier molecular flexibility index (Phi) is 6.90. The summed E-state index contributed by atoms with van der Waals surface area (Å²) in [5, 5.41) is 3.46. The zero-order valence-corrected chi connectivity index (χ0v) is 17.9. The molecule has 6 nitrogen and oxygen atoms in total. The summed E-state index contributed by atoms with van der Waals surface area (Å²) in [6, 6.07) is 0. The SMILES string of the molecule is CN=C(NCc1ncc(C)c(OC)c1C)N1CCC2(CCOC2)C1.I. The first-order valence-corrected chi connectivity index (χ1v) is 8.61. The number of aryl methyl sites for hydroxylation is 1. The second-order valence-electron chi connectivity index (χ2n) is 6.92. The average molecular weight is 460 g/mol. The fraction of sp³-hybridized carbons (Fsp3) is 0.667. The number of pyridine rings is 1. The van der Waals surface area contributed by atoms with Crippen LogP contribution in [0.25, 0.3) is 0 Å². The minimum atomic E-state index is 0. The lowest BCUT2D eigenvalue weighted by molar-refractivity contribution is 0.156. The van der Waals surface area contributed by atoms with Gasteiger partial charge >= 0.3 is 0 Å². The molecule has 1 aromatic rings. The number of methoxy groups -OCH3 is 1. The topological polar surface area (TPSA) is 59.0 Å². The third-order valence-corrected chi connectivity index (χ3v) is 5.30. The van der Waals surface area contributed by atoms with Gasteiger partial charge in [-0.05, 0) is 26.7 Å². The number of nitrogens with zero attached hydrogens (tertiary/aromatic N) is 3. The van der Waals surface area contributed by atoms with Crippen molar-refractivity contribution >= 4 is 29.9 Å². The standard InChI is InChI=1S/C18H28N4O2.HI/c1-13-9-20-15(14(2)16(13)23-4)10-21-17(19-3)22-7-5-18(11-22)6-8-24-12-18;/h9H,5-8,10-12H2,1-4H3,(H,19,21);1H. The van der Waals surface area contributed by atoms with Crippen molar-refractivity contribution < 1.29 is 9.47 Å². The van der Waals surface area contributed by atoms with Crippen LogP contribution in [-0.2, 0) is 11.3 Å². The zero-order valence-electron chi connectivity index (χ0n) is 15.6. The molecule has 1 unspecified atom stereocenters. The van der Waals surface area contributed by atoms with Crippen LogP contribution in [0.5, 0.6) is 5.75 Å². The fourth-order valence-electron chi connectivity index (χ4n) is 3.83. The molecule has 2 aliphatic heterocycles. The lowest BCUT2D eigenvalue weighted by atomic mass is 9.87. The molecule has 7 heteroatoms. The highest BCUT2D eigenvalue weighted by Gasteiger charge is 2.42. The molecule has 0 saturated carbocycles. The molecular weight excluding hydrogens is 431 g/mol. The van der Waals surface area contributed by atoms with E-state index in [2.05, 4.69) is 27.1 Å². The van der Waals surface area contributed by atoms with Gasteiger partial charge in [0, 0.05) is 49.5 Å². The van der Waals surface area contributed by atoms with Crippen LogP contribution in [0.3, 0.4) is 0 Å². The summed E-state index contributed by atoms with van der Waals surface area (Å²) in [5.74, 6) is 1.86. The Morgan fingerprint density at radius 2 is 2.24 bits per heavy atom. The van der Waals surface area contributed by atoms with Crippen LogP contribution in [0.4, 0.5) is 0 Å². The molecule has 3 rings (SSSR count). The third kappa shape index (κ3) is 4.19. The van der Waals surface area contributed by atoms with E-state index >= 15 is 0 Å². The number of rotatable bonds is 3. The third-order valence-electron chi connectivity index (χ3n) is 5.30. The first-order chi connectivity index (χ1) is 11.6. The first-order valence-electron chi connectivity index (χ1n) is 8.61. The van der Waals surface area contributed by atoms with Crippen molar-refractivity contribution in [1.82, 2.24) is 15.2 Å². The maximum atomic E-state index is 5.61. The molecule has 1 aromatic heterocycles. The Morgan fingerprint density at radius 1 is 1.44 bits per heavy atom. The van der Waals surface area contributed by atoms with Crippen molar-refractivity contribution in [3.8, 4) is 5.75 Å². The van der Waals surface area contributed by atoms with E-state index in [1.54, 1.807) is 7.11 Å². The van der Waals surface area contributed by atoms with Crippen molar-refractivity contribution in [2.24, 2.45) is 10.4 Å². The van der Waals surface area contributed by atoms with Crippen molar-refractivity contribution in [2.45, 2.75) is 33.2 Å². The zero-order chi connectivity index (χ0) is 17.2. The van der Waals surface area contributed by atoms with Gasteiger partial charge in [-0.1, -0.05) is 0 Å². The van der Waals surface area contributed by atoms with Crippen molar-refractivity contribution in [3.05, 3.63) is 23.0 Å². The van der Waals surface area contributed by atoms with E-state index in [9.17, 15) is 0 Å². The van der Waals surface area contributed by atoms with Crippen LogP contribution in [0.2, 0.25) is 0 Å². The smallest absolute Gasteiger partial charge is 0.193 e. The Morgan fingerprint density at radius 3 is 2.88 bits per heavy atom. The summed E-state index contributed by atoms with van der Waals surface area (Å²) in [6.07, 6.45) is 4.21. The molecule has 25 heavy (non-hydrogen) atoms. The molecule has 1 N–H and O–H groups in total. The van der Waals surface area contributed by atoms with E-state index in [4.69, 9.17) is 9.47 Å². The highest BCUT2D eigenvalue weighted by atomic mass is 127. The molecule has 0 bridgehead atoms. The van der Waals surface area contributed by atoms with Gasteiger partial charge in [-0.25, -0.2) is 0 Å². The summed E-state index contributed by atoms with van der Waals surface area (Å²) in [5.41, 5.74) is 3.48. The predicted molar refractivity (Wildman–Crippen MR) is 110 cm³/mol. The number of guanidine groups is 1. The molecule has 2 saturated heterocycles. The molecule has 0 aromatic carbocycles. The monoisotopic (exact) mass is 460 g/mol. The Balaban J connectivity index is 0.00000225. The number of halogens is 1. The van der Waals surface area contributed by atoms with Gasteiger partial charge in [-0.2, -0.15) is 0 Å². The van der Waals surface area contributed by atoms with Crippen molar-refractivity contribution in [1.29, 1.82) is 0 Å². The Hall–Kier alpha value is -1.09. The lowest BCUT2D eigenvalue weighted by Gasteiger charge is -2.25. The summed E-state index contributed by atoms with van der Waals surface area (Å²) in [6.45, 7) is 8.56. The van der Waals surface area contributed by atoms with Crippen LogP contribution in [0, 0.1) is 19.3 Å². The van der Waals surface area contributed by atoms with Gasteiger partial charge in [0.2, 0.25) is 0 Å². The molecule has 2 aliphatic rings. The molecule has 1 atom stereocenters. The minimum absolute atomic E-state index is 0. The maximum Gasteiger partial charge on any atom is 0.193 e. The highest BCUT2D eigenvalue weighted by molar-refractivity contribution is 14.0. The molecular formula is C18H29IN4O2. The predicted octanol–water partition coefficient (Wildman–Crippen LogP) is 2.51. The summed E-state index contributed by atoms with van der Waals surface area (Å²) in [7, 11) is 3.55. The number of ether oxygens (including phenoxy) is 2. The molecule has 140 valence electrons. The maximum absolute atomic E-state index is 5.61. The second kappa shape index (κ2) is 8.53. The van der Waals surface area contributed by atoms with E-state index < -0.39 is 0 Å². The Bertz CT molecular complexity index is 630. The summed E-state index contributed by atoms with van der Waals surface area (Å²) < 4.78 is 11.1. The van der Waals surface area contributed by atoms with Gasteiger partial charge in [0.15, 0.2) is 5.96 Å². The summed E-state index contributed by atoms with van der Waals surface area (Å²) in [4.78, 5) is 11.4. The fourth-order valence-corrected chi connectivity index (χ4v) is 3.83. The van der Waals surface area contributed by atoms with Gasteiger partial charge in [0.05, 0.1) is 26.0 Å². The van der Waals surface area contributed by atoms with Crippen LogP contribution in [0.1, 0.15) is 29.7 Å². The van der Waals surface area contributed by atoms with Gasteiger partial charge in [0.1, 0.15) is 5.75 Å². The van der Waals surface area contributed by atoms with Gasteiger partial charge < -0.3 is 19.7 Å². The van der Waals surface area contributed by atoms with E-state index in [-0.39, 0.29) is 24.0 Å². The van der Waals surface area contributed by atoms with Crippen molar-refractivity contribution in [3.63, 3.8) is 0 Å². The van der Waals surface area contributed by atoms with Crippen LogP contribution in [0.15, 0.2) is 11.2 Å². The van der Waals surface area contributed by atoms with E-state index in [1.165, 1.54) is 6.42 Å². The number of aliphatic imine (C=N–C) groups is 1. The van der Waals surface area contributed by atoms with Gasteiger partial charge in [0.25, 0.3) is 0 Å². The molecule has 1 spiro atoms. The Labute approximate surface area is 167 Å². The van der Waals surface area contributed by atoms with E-state index in [0.717, 1.165) is 61.3 Å². The minimum Gasteiger partial charge on any atom is -0.496 e. The molecule has 0 amide bonds. The van der Waals surface area contributed by atoms with Crippen molar-refractivity contribution in [2.75, 3.05) is 40.5 Å². The number of likely N-dealkylation sites (tertiary alicyclic amines) is 1. The number of nitrogens with one attached hydrogen (secondary N) is 1. The second-order valence-corrected chi connectivity index (χ2v) is 6.92. The normalized spacial score (nSPS) is 23.0. The van der Waals surface area contributed by atoms with Gasteiger partial charge in [-0.15, -0.1) is 24.0 Å². The van der Waals surface area contributed by atoms with Gasteiger partial charge in [-0.3, -0.25) is 9.98 Å². The number of aromatic nitrogens is 1. The van der Waals surface area contributed by atoms with E-state index in [0.29, 0.717) is 12.0 Å². The summed E-state index contributed by atoms with van der Waals surface area (Å²) >= 11 is 0. The molecule has 3 heterocycles. The average Bonchev–Trinajstić information content (AvgIpc) is 3.21. The number of hydrogen-bond donors (Lipinski definition) is 1. The first kappa shape index (κ1) is 20.2. The quantitative estimate of drug-likeness (QED) is 0.427. The molecule has 2 fully saturated rings. The van der Waals surface area contributed by atoms with E-state index in [1.807, 2.05) is 20.2 Å². The molecule has 0 aliphatic carbocycles. The molecule has 0 radical (unpaired) electrons. The highest BCUT2D eigenvalue weighted by Crippen LogP contribution is 2.38. The lowest BCUT2D eigenvalue weighted by Crippen LogP contribution is -2.41. The van der Waals surface area contributed by atoms with Crippen LogP contribution >= 0.6 is 24.0 Å². The number of hydrogen-bond acceptors (Lipinski definition) is 4. The largest absolute Gasteiger partial charge is 0.496 e. The van der Waals surface area contributed by atoms with Crippen LogP contribution in [-0.4, -0.2) is 56.3 Å². The van der Waals surface area contributed by atoms with Crippen LogP contribution < -0.4 is 10.1 Å².